The van der Waals surface area contributed by atoms with E-state index in [1.807, 2.05) is 0 Å². The molecule has 5 fully saturated rings. The van der Waals surface area contributed by atoms with E-state index in [0.29, 0.717) is 5.41 Å². The number of alkyl halides is 1. The Hall–Kier alpha value is -0.150. The lowest BCUT2D eigenvalue weighted by atomic mass is 9.50. The molecule has 0 heterocycles. The maximum Gasteiger partial charge on any atom is 0.111 e. The Bertz CT molecular complexity index is 415. The molecule has 4 bridgehead atoms. The van der Waals surface area contributed by atoms with Crippen molar-refractivity contribution in [1.82, 2.24) is 0 Å². The lowest BCUT2D eigenvalue weighted by Crippen LogP contribution is -2.45. The standard InChI is InChI=1S/C17H23Cl/c1-15(2)11-17(15,18)4-3-16-8-12-5-13(9-16)7-14(6-12)10-16/h12-14H,5-11H2,1-2H3. The summed E-state index contributed by atoms with van der Waals surface area (Å²) in [5, 5.41) is 0. The highest BCUT2D eigenvalue weighted by molar-refractivity contribution is 6.29. The molecule has 0 nitrogen and oxygen atoms in total. The van der Waals surface area contributed by atoms with Crippen molar-refractivity contribution in [2.45, 2.75) is 63.7 Å². The summed E-state index contributed by atoms with van der Waals surface area (Å²) in [6, 6.07) is 0. The second kappa shape index (κ2) is 3.29. The first kappa shape index (κ1) is 11.7. The van der Waals surface area contributed by atoms with E-state index in [4.69, 9.17) is 11.6 Å². The van der Waals surface area contributed by atoms with Crippen LogP contribution in [-0.2, 0) is 0 Å². The third-order valence-corrected chi connectivity index (χ3v) is 6.94. The Labute approximate surface area is 116 Å². The number of hydrogen-bond acceptors (Lipinski definition) is 0. The lowest BCUT2D eigenvalue weighted by Gasteiger charge is -2.54. The quantitative estimate of drug-likeness (QED) is 0.442. The average Bonchev–Trinajstić information content (AvgIpc) is 2.74. The van der Waals surface area contributed by atoms with Gasteiger partial charge in [0.15, 0.2) is 0 Å². The van der Waals surface area contributed by atoms with Gasteiger partial charge in [-0.1, -0.05) is 25.7 Å². The van der Waals surface area contributed by atoms with Crippen LogP contribution in [0.5, 0.6) is 0 Å². The maximum atomic E-state index is 6.60. The van der Waals surface area contributed by atoms with Crippen LogP contribution >= 0.6 is 11.6 Å². The van der Waals surface area contributed by atoms with Crippen LogP contribution in [0.2, 0.25) is 0 Å². The molecule has 98 valence electrons. The summed E-state index contributed by atoms with van der Waals surface area (Å²) in [6.45, 7) is 4.49. The fraction of sp³-hybridized carbons (Fsp3) is 0.882. The van der Waals surface area contributed by atoms with Gasteiger partial charge in [0.25, 0.3) is 0 Å². The summed E-state index contributed by atoms with van der Waals surface area (Å²) in [4.78, 5) is -0.198. The van der Waals surface area contributed by atoms with E-state index in [1.54, 1.807) is 0 Å². The third-order valence-electron chi connectivity index (χ3n) is 6.20. The maximum absolute atomic E-state index is 6.60. The molecule has 1 unspecified atom stereocenters. The van der Waals surface area contributed by atoms with Gasteiger partial charge in [0, 0.05) is 5.41 Å². The van der Waals surface area contributed by atoms with E-state index in [2.05, 4.69) is 25.7 Å². The first-order chi connectivity index (χ1) is 8.40. The van der Waals surface area contributed by atoms with E-state index in [0.717, 1.165) is 24.2 Å². The van der Waals surface area contributed by atoms with Crippen molar-refractivity contribution < 1.29 is 0 Å². The first-order valence-electron chi connectivity index (χ1n) is 7.63. The molecule has 0 aliphatic heterocycles. The Balaban J connectivity index is 1.60. The molecule has 0 N–H and O–H groups in total. The number of halogens is 1. The minimum absolute atomic E-state index is 0.198. The molecule has 5 saturated carbocycles. The van der Waals surface area contributed by atoms with Crippen LogP contribution in [-0.4, -0.2) is 4.87 Å². The molecule has 0 aromatic heterocycles. The molecule has 18 heavy (non-hydrogen) atoms. The van der Waals surface area contributed by atoms with Gasteiger partial charge in [-0.05, 0) is 68.1 Å². The molecule has 5 rings (SSSR count). The van der Waals surface area contributed by atoms with E-state index in [1.165, 1.54) is 38.5 Å². The second-order valence-corrected chi connectivity index (χ2v) is 8.95. The van der Waals surface area contributed by atoms with Crippen LogP contribution in [0.3, 0.4) is 0 Å². The highest BCUT2D eigenvalue weighted by Crippen LogP contribution is 2.62. The van der Waals surface area contributed by atoms with Gasteiger partial charge in [0.05, 0.1) is 0 Å². The summed E-state index contributed by atoms with van der Waals surface area (Å²) < 4.78 is 0. The Kier molecular flexibility index (Phi) is 2.13. The van der Waals surface area contributed by atoms with Crippen LogP contribution < -0.4 is 0 Å². The zero-order valence-corrected chi connectivity index (χ0v) is 12.3. The molecule has 0 spiro atoms. The minimum atomic E-state index is -0.198. The van der Waals surface area contributed by atoms with Crippen LogP contribution in [0.15, 0.2) is 0 Å². The predicted molar refractivity (Wildman–Crippen MR) is 75.4 cm³/mol. The largest absolute Gasteiger partial charge is 0.111 e. The van der Waals surface area contributed by atoms with Crippen molar-refractivity contribution in [3.63, 3.8) is 0 Å². The zero-order valence-electron chi connectivity index (χ0n) is 11.6. The van der Waals surface area contributed by atoms with Gasteiger partial charge in [-0.25, -0.2) is 0 Å². The fourth-order valence-corrected chi connectivity index (χ4v) is 5.65. The minimum Gasteiger partial charge on any atom is -0.104 e. The second-order valence-electron chi connectivity index (χ2n) is 8.31. The molecule has 0 aromatic carbocycles. The van der Waals surface area contributed by atoms with E-state index >= 15 is 0 Å². The van der Waals surface area contributed by atoms with E-state index < -0.39 is 0 Å². The van der Waals surface area contributed by atoms with Crippen molar-refractivity contribution in [2.24, 2.45) is 28.6 Å². The van der Waals surface area contributed by atoms with E-state index in [-0.39, 0.29) is 10.3 Å². The van der Waals surface area contributed by atoms with Gasteiger partial charge in [-0.3, -0.25) is 0 Å². The Morgan fingerprint density at radius 1 is 0.889 bits per heavy atom. The monoisotopic (exact) mass is 262 g/mol. The normalized spacial score (nSPS) is 54.9. The van der Waals surface area contributed by atoms with Crippen LogP contribution in [0, 0.1) is 40.4 Å². The summed E-state index contributed by atoms with van der Waals surface area (Å²) in [5.74, 6) is 10.2. The van der Waals surface area contributed by atoms with Crippen LogP contribution in [0.25, 0.3) is 0 Å². The lowest BCUT2D eigenvalue weighted by molar-refractivity contribution is -0.0182. The van der Waals surface area contributed by atoms with Gasteiger partial charge in [-0.15, -0.1) is 11.6 Å². The molecule has 0 aromatic rings. The summed E-state index contributed by atoms with van der Waals surface area (Å²) >= 11 is 6.60. The molecule has 0 amide bonds. The highest BCUT2D eigenvalue weighted by Gasteiger charge is 2.60. The summed E-state index contributed by atoms with van der Waals surface area (Å²) in [5.41, 5.74) is 0.610. The van der Waals surface area contributed by atoms with Crippen molar-refractivity contribution in [2.75, 3.05) is 0 Å². The molecule has 1 atom stereocenters. The fourth-order valence-electron chi connectivity index (χ4n) is 5.27. The highest BCUT2D eigenvalue weighted by atomic mass is 35.5. The molecule has 1 heteroatoms. The molecule has 0 saturated heterocycles. The summed E-state index contributed by atoms with van der Waals surface area (Å²) in [7, 11) is 0. The van der Waals surface area contributed by atoms with Crippen LogP contribution in [0.1, 0.15) is 58.8 Å². The van der Waals surface area contributed by atoms with Crippen molar-refractivity contribution >= 4 is 11.6 Å². The third kappa shape index (κ3) is 1.59. The molecular formula is C17H23Cl. The zero-order chi connectivity index (χ0) is 12.6. The smallest absolute Gasteiger partial charge is 0.104 e. The average molecular weight is 263 g/mol. The van der Waals surface area contributed by atoms with Crippen molar-refractivity contribution in [3.8, 4) is 11.8 Å². The summed E-state index contributed by atoms with van der Waals surface area (Å²) in [6.07, 6.45) is 9.69. The number of hydrogen-bond donors (Lipinski definition) is 0. The SMILES string of the molecule is CC1(C)CC1(Cl)C#CC12CC3CC(CC(C3)C1)C2. The Morgan fingerprint density at radius 2 is 1.33 bits per heavy atom. The molecule has 0 radical (unpaired) electrons. The first-order valence-corrected chi connectivity index (χ1v) is 8.01. The van der Waals surface area contributed by atoms with Gasteiger partial charge >= 0.3 is 0 Å². The van der Waals surface area contributed by atoms with Crippen LogP contribution in [0.4, 0.5) is 0 Å². The van der Waals surface area contributed by atoms with E-state index in [9.17, 15) is 0 Å². The van der Waals surface area contributed by atoms with Gasteiger partial charge in [-0.2, -0.15) is 0 Å². The topological polar surface area (TPSA) is 0 Å². The van der Waals surface area contributed by atoms with Gasteiger partial charge in [0.2, 0.25) is 0 Å². The number of rotatable bonds is 0. The van der Waals surface area contributed by atoms with Gasteiger partial charge < -0.3 is 0 Å². The Morgan fingerprint density at radius 3 is 1.72 bits per heavy atom. The predicted octanol–water partition coefficient (Wildman–Crippen LogP) is 4.61. The van der Waals surface area contributed by atoms with Gasteiger partial charge in [0.1, 0.15) is 4.87 Å². The van der Waals surface area contributed by atoms with Crippen molar-refractivity contribution in [1.29, 1.82) is 0 Å². The molecule has 5 aliphatic rings. The molecule has 5 aliphatic carbocycles. The molecular weight excluding hydrogens is 240 g/mol. The van der Waals surface area contributed by atoms with Crippen molar-refractivity contribution in [3.05, 3.63) is 0 Å².